The summed E-state index contributed by atoms with van der Waals surface area (Å²) in [5, 5.41) is 3.05. The number of halogens is 1. The Balaban J connectivity index is 1.76. The highest BCUT2D eigenvalue weighted by molar-refractivity contribution is 6.32. The topological polar surface area (TPSA) is 109 Å². The van der Waals surface area contributed by atoms with Gasteiger partial charge in [-0.15, -0.1) is 0 Å². The minimum atomic E-state index is -0.654. The van der Waals surface area contributed by atoms with Crippen LogP contribution in [-0.4, -0.2) is 38.7 Å². The van der Waals surface area contributed by atoms with Crippen molar-refractivity contribution >= 4 is 23.4 Å². The van der Waals surface area contributed by atoms with E-state index in [1.165, 1.54) is 19.2 Å². The fourth-order valence-electron chi connectivity index (χ4n) is 2.95. The van der Waals surface area contributed by atoms with Gasteiger partial charge in [0.2, 0.25) is 0 Å². The van der Waals surface area contributed by atoms with Crippen LogP contribution in [0.1, 0.15) is 35.3 Å². The summed E-state index contributed by atoms with van der Waals surface area (Å²) < 4.78 is 21.9. The summed E-state index contributed by atoms with van der Waals surface area (Å²) >= 11 is 6.22. The first-order valence-corrected chi connectivity index (χ1v) is 9.76. The van der Waals surface area contributed by atoms with Crippen molar-refractivity contribution in [2.45, 2.75) is 19.4 Å². The summed E-state index contributed by atoms with van der Waals surface area (Å²) in [5.41, 5.74) is 6.24. The van der Waals surface area contributed by atoms with Crippen molar-refractivity contribution in [1.82, 2.24) is 5.32 Å². The summed E-state index contributed by atoms with van der Waals surface area (Å²) in [6, 6.07) is 8.20. The lowest BCUT2D eigenvalue weighted by Crippen LogP contribution is -2.26. The van der Waals surface area contributed by atoms with Gasteiger partial charge < -0.3 is 30.0 Å². The smallest absolute Gasteiger partial charge is 0.255 e. The zero-order chi connectivity index (χ0) is 21.7. The number of methoxy groups -OCH3 is 1. The van der Waals surface area contributed by atoms with Crippen molar-refractivity contribution in [2.75, 3.05) is 26.9 Å². The summed E-state index contributed by atoms with van der Waals surface area (Å²) in [6.07, 6.45) is 0.818. The molecule has 1 atom stereocenters. The monoisotopic (exact) mass is 434 g/mol. The predicted molar refractivity (Wildman–Crippen MR) is 111 cm³/mol. The average Bonchev–Trinajstić information content (AvgIpc) is 2.96. The van der Waals surface area contributed by atoms with E-state index in [0.29, 0.717) is 24.7 Å². The van der Waals surface area contributed by atoms with E-state index in [0.717, 1.165) is 12.0 Å². The van der Waals surface area contributed by atoms with Crippen LogP contribution in [-0.2, 0) is 4.79 Å². The highest BCUT2D eigenvalue weighted by atomic mass is 35.5. The van der Waals surface area contributed by atoms with Crippen molar-refractivity contribution < 1.29 is 28.5 Å². The molecule has 2 amide bonds. The minimum Gasteiger partial charge on any atom is -0.493 e. The van der Waals surface area contributed by atoms with Gasteiger partial charge >= 0.3 is 0 Å². The van der Waals surface area contributed by atoms with E-state index in [9.17, 15) is 9.59 Å². The number of ether oxygens (including phenoxy) is 4. The number of nitrogens with one attached hydrogen (secondary N) is 1. The zero-order valence-electron chi connectivity index (χ0n) is 16.7. The number of amides is 2. The molecule has 0 bridgehead atoms. The highest BCUT2D eigenvalue weighted by Gasteiger charge is 2.19. The van der Waals surface area contributed by atoms with Crippen LogP contribution in [0, 0.1) is 0 Å². The second kappa shape index (κ2) is 9.58. The molecular weight excluding hydrogens is 412 g/mol. The minimum absolute atomic E-state index is 0.129. The van der Waals surface area contributed by atoms with Gasteiger partial charge in [0.05, 0.1) is 31.4 Å². The molecule has 9 heteroatoms. The Morgan fingerprint density at radius 1 is 1.20 bits per heavy atom. The fraction of sp³-hybridized carbons (Fsp3) is 0.333. The molecule has 0 saturated carbocycles. The molecule has 0 aliphatic carbocycles. The van der Waals surface area contributed by atoms with Crippen LogP contribution >= 0.6 is 11.6 Å². The van der Waals surface area contributed by atoms with Crippen LogP contribution in [0.2, 0.25) is 5.02 Å². The number of hydrogen-bond donors (Lipinski definition) is 2. The van der Waals surface area contributed by atoms with Gasteiger partial charge in [-0.3, -0.25) is 9.59 Å². The first-order valence-electron chi connectivity index (χ1n) is 9.38. The van der Waals surface area contributed by atoms with Crippen LogP contribution in [0.25, 0.3) is 0 Å². The van der Waals surface area contributed by atoms with Crippen molar-refractivity contribution in [3.63, 3.8) is 0 Å². The van der Waals surface area contributed by atoms with Gasteiger partial charge in [-0.05, 0) is 36.8 Å². The van der Waals surface area contributed by atoms with E-state index >= 15 is 0 Å². The number of nitrogens with two attached hydrogens (primary N) is 1. The van der Waals surface area contributed by atoms with Gasteiger partial charge in [0.25, 0.3) is 11.8 Å². The van der Waals surface area contributed by atoms with E-state index in [1.807, 2.05) is 25.1 Å². The third-order valence-electron chi connectivity index (χ3n) is 4.47. The molecule has 3 rings (SSSR count). The Morgan fingerprint density at radius 2 is 1.93 bits per heavy atom. The molecule has 160 valence electrons. The summed E-state index contributed by atoms with van der Waals surface area (Å²) in [6.45, 7) is 2.70. The molecule has 1 aliphatic rings. The molecule has 0 saturated heterocycles. The SMILES string of the molecule is COc1cc(C(=O)NC(C)c2ccc3c(c2)OCCCO3)cc(Cl)c1OCC(N)=O. The number of carbonyl (C=O) groups excluding carboxylic acids is 2. The lowest BCUT2D eigenvalue weighted by Gasteiger charge is -2.18. The Labute approximate surface area is 179 Å². The van der Waals surface area contributed by atoms with Gasteiger partial charge in [0.15, 0.2) is 29.6 Å². The second-order valence-electron chi connectivity index (χ2n) is 6.70. The Kier molecular flexibility index (Phi) is 6.89. The van der Waals surface area contributed by atoms with Crippen LogP contribution < -0.4 is 30.0 Å². The van der Waals surface area contributed by atoms with Crippen LogP contribution in [0.15, 0.2) is 30.3 Å². The number of hydrogen-bond acceptors (Lipinski definition) is 6. The Morgan fingerprint density at radius 3 is 2.63 bits per heavy atom. The number of rotatable bonds is 7. The van der Waals surface area contributed by atoms with Gasteiger partial charge in [-0.25, -0.2) is 0 Å². The maximum Gasteiger partial charge on any atom is 0.255 e. The molecule has 2 aromatic rings. The molecule has 0 radical (unpaired) electrons. The molecule has 0 fully saturated rings. The lowest BCUT2D eigenvalue weighted by molar-refractivity contribution is -0.119. The number of primary amides is 1. The first kappa shape index (κ1) is 21.6. The number of carbonyl (C=O) groups is 2. The Hall–Kier alpha value is -3.13. The van der Waals surface area contributed by atoms with E-state index in [1.54, 1.807) is 0 Å². The quantitative estimate of drug-likeness (QED) is 0.693. The number of fused-ring (bicyclic) bond motifs is 1. The van der Waals surface area contributed by atoms with Gasteiger partial charge in [-0.1, -0.05) is 17.7 Å². The standard InChI is InChI=1S/C21H23ClN2O6/c1-12(13-4-5-16-17(9-13)29-7-3-6-28-16)24-21(26)14-8-15(22)20(18(10-14)27-2)30-11-19(23)25/h4-5,8-10,12H,3,6-7,11H2,1-2H3,(H2,23,25)(H,24,26). The van der Waals surface area contributed by atoms with Crippen molar-refractivity contribution in [1.29, 1.82) is 0 Å². The number of benzene rings is 2. The summed E-state index contributed by atoms with van der Waals surface area (Å²) in [7, 11) is 1.41. The lowest BCUT2D eigenvalue weighted by atomic mass is 10.1. The van der Waals surface area contributed by atoms with Crippen LogP contribution in [0.5, 0.6) is 23.0 Å². The second-order valence-corrected chi connectivity index (χ2v) is 7.10. The normalized spacial score (nSPS) is 13.7. The largest absolute Gasteiger partial charge is 0.493 e. The van der Waals surface area contributed by atoms with Crippen molar-refractivity contribution in [3.05, 3.63) is 46.5 Å². The maximum absolute atomic E-state index is 12.8. The zero-order valence-corrected chi connectivity index (χ0v) is 17.5. The van der Waals surface area contributed by atoms with E-state index in [-0.39, 0.29) is 40.6 Å². The molecule has 2 aromatic carbocycles. The third-order valence-corrected chi connectivity index (χ3v) is 4.75. The molecule has 1 aliphatic heterocycles. The van der Waals surface area contributed by atoms with E-state index in [2.05, 4.69) is 5.32 Å². The average molecular weight is 435 g/mol. The van der Waals surface area contributed by atoms with Gasteiger partial charge in [0, 0.05) is 12.0 Å². The van der Waals surface area contributed by atoms with Crippen LogP contribution in [0.3, 0.4) is 0 Å². The molecule has 1 heterocycles. The van der Waals surface area contributed by atoms with Crippen molar-refractivity contribution in [3.8, 4) is 23.0 Å². The highest BCUT2D eigenvalue weighted by Crippen LogP contribution is 2.37. The van der Waals surface area contributed by atoms with Crippen molar-refractivity contribution in [2.24, 2.45) is 5.73 Å². The van der Waals surface area contributed by atoms with Crippen LogP contribution in [0.4, 0.5) is 0 Å². The fourth-order valence-corrected chi connectivity index (χ4v) is 3.21. The molecule has 0 aromatic heterocycles. The third kappa shape index (κ3) is 5.07. The first-order chi connectivity index (χ1) is 14.4. The molecule has 8 nitrogen and oxygen atoms in total. The Bertz CT molecular complexity index is 949. The molecule has 0 spiro atoms. The van der Waals surface area contributed by atoms with Gasteiger partial charge in [-0.2, -0.15) is 0 Å². The molecule has 30 heavy (non-hydrogen) atoms. The van der Waals surface area contributed by atoms with E-state index < -0.39 is 5.91 Å². The summed E-state index contributed by atoms with van der Waals surface area (Å²) in [5.74, 6) is 0.711. The van der Waals surface area contributed by atoms with Gasteiger partial charge in [0.1, 0.15) is 0 Å². The molecule has 3 N–H and O–H groups in total. The molecule has 1 unspecified atom stereocenters. The maximum atomic E-state index is 12.8. The molecular formula is C21H23ClN2O6. The predicted octanol–water partition coefficient (Wildman–Crippen LogP) is 2.87. The summed E-state index contributed by atoms with van der Waals surface area (Å²) in [4.78, 5) is 23.7. The van der Waals surface area contributed by atoms with E-state index in [4.69, 9.17) is 36.3 Å².